The highest BCUT2D eigenvalue weighted by Crippen LogP contribution is 2.18. The van der Waals surface area contributed by atoms with Gasteiger partial charge in [-0.15, -0.1) is 0 Å². The van der Waals surface area contributed by atoms with Crippen molar-refractivity contribution in [3.8, 4) is 5.75 Å². The van der Waals surface area contributed by atoms with Crippen LogP contribution in [0.5, 0.6) is 5.75 Å². The van der Waals surface area contributed by atoms with Gasteiger partial charge in [-0.05, 0) is 53.9 Å². The highest BCUT2D eigenvalue weighted by atomic mass is 32.2. The number of anilines is 1. The Morgan fingerprint density at radius 3 is 2.32 bits per heavy atom. The number of benzene rings is 3. The topological polar surface area (TPSA) is 84.5 Å². The van der Waals surface area contributed by atoms with E-state index >= 15 is 0 Å². The molecule has 0 atom stereocenters. The van der Waals surface area contributed by atoms with E-state index in [2.05, 4.69) is 23.9 Å². The molecule has 3 rings (SSSR count). The summed E-state index contributed by atoms with van der Waals surface area (Å²) in [7, 11) is -3.65. The van der Waals surface area contributed by atoms with Gasteiger partial charge >= 0.3 is 0 Å². The van der Waals surface area contributed by atoms with Crippen LogP contribution in [0, 0.1) is 5.92 Å². The summed E-state index contributed by atoms with van der Waals surface area (Å²) >= 11 is 0. The normalized spacial score (nSPS) is 11.3. The molecule has 0 fully saturated rings. The third kappa shape index (κ3) is 6.67. The Kier molecular flexibility index (Phi) is 7.44. The summed E-state index contributed by atoms with van der Waals surface area (Å²) in [5.41, 5.74) is 1.83. The lowest BCUT2D eigenvalue weighted by Gasteiger charge is -2.11. The van der Waals surface area contributed by atoms with E-state index in [0.717, 1.165) is 5.56 Å². The zero-order chi connectivity index (χ0) is 22.3. The molecule has 0 aliphatic carbocycles. The number of nitrogens with one attached hydrogen (secondary N) is 2. The van der Waals surface area contributed by atoms with Crippen LogP contribution in [0.4, 0.5) is 5.69 Å². The molecule has 3 aromatic carbocycles. The van der Waals surface area contributed by atoms with Crippen LogP contribution in [0.1, 0.15) is 29.8 Å². The van der Waals surface area contributed by atoms with Gasteiger partial charge in [0, 0.05) is 17.8 Å². The number of rotatable bonds is 9. The molecule has 0 heterocycles. The Balaban J connectivity index is 1.62. The molecular weight excluding hydrogens is 412 g/mol. The van der Waals surface area contributed by atoms with Gasteiger partial charge in [-0.3, -0.25) is 4.79 Å². The molecule has 0 aliphatic rings. The third-order valence-corrected chi connectivity index (χ3v) is 5.83. The summed E-state index contributed by atoms with van der Waals surface area (Å²) in [6, 6.07) is 22.3. The maximum atomic E-state index is 12.5. The molecule has 1 amide bonds. The van der Waals surface area contributed by atoms with E-state index in [1.165, 1.54) is 12.1 Å². The van der Waals surface area contributed by atoms with E-state index in [0.29, 0.717) is 29.5 Å². The molecule has 3 aromatic rings. The maximum absolute atomic E-state index is 12.5. The predicted octanol–water partition coefficient (Wildman–Crippen LogP) is 4.45. The van der Waals surface area contributed by atoms with Crippen LogP contribution in [-0.2, 0) is 16.6 Å². The highest BCUT2D eigenvalue weighted by Gasteiger charge is 2.14. The summed E-state index contributed by atoms with van der Waals surface area (Å²) in [5.74, 6) is 0.717. The molecule has 0 unspecified atom stereocenters. The van der Waals surface area contributed by atoms with Crippen molar-refractivity contribution in [2.24, 2.45) is 5.92 Å². The molecule has 7 heteroatoms. The first-order chi connectivity index (χ1) is 14.8. The number of sulfonamides is 1. The first-order valence-electron chi connectivity index (χ1n) is 10.0. The maximum Gasteiger partial charge on any atom is 0.255 e. The summed E-state index contributed by atoms with van der Waals surface area (Å²) in [4.78, 5) is 12.7. The second-order valence-electron chi connectivity index (χ2n) is 7.52. The zero-order valence-electron chi connectivity index (χ0n) is 17.5. The Morgan fingerprint density at radius 1 is 0.935 bits per heavy atom. The smallest absolute Gasteiger partial charge is 0.255 e. The van der Waals surface area contributed by atoms with Gasteiger partial charge in [0.15, 0.2) is 0 Å². The van der Waals surface area contributed by atoms with Crippen LogP contribution in [0.2, 0.25) is 0 Å². The van der Waals surface area contributed by atoms with Crippen molar-refractivity contribution in [1.29, 1.82) is 0 Å². The predicted molar refractivity (Wildman–Crippen MR) is 122 cm³/mol. The van der Waals surface area contributed by atoms with Gasteiger partial charge in [-0.1, -0.05) is 50.2 Å². The van der Waals surface area contributed by atoms with Crippen molar-refractivity contribution in [1.82, 2.24) is 4.72 Å². The fourth-order valence-corrected chi connectivity index (χ4v) is 3.79. The number of carbonyl (C=O) groups excluding carboxylic acids is 1. The van der Waals surface area contributed by atoms with Crippen molar-refractivity contribution in [2.75, 3.05) is 11.9 Å². The van der Waals surface area contributed by atoms with Crippen LogP contribution in [0.25, 0.3) is 0 Å². The van der Waals surface area contributed by atoms with Crippen LogP contribution >= 0.6 is 0 Å². The van der Waals surface area contributed by atoms with Crippen molar-refractivity contribution >= 4 is 21.6 Å². The molecule has 0 saturated carbocycles. The minimum absolute atomic E-state index is 0.130. The first kappa shape index (κ1) is 22.5. The first-order valence-corrected chi connectivity index (χ1v) is 11.5. The van der Waals surface area contributed by atoms with Crippen LogP contribution in [0.15, 0.2) is 83.8 Å². The van der Waals surface area contributed by atoms with Gasteiger partial charge in [-0.2, -0.15) is 0 Å². The largest absolute Gasteiger partial charge is 0.493 e. The summed E-state index contributed by atoms with van der Waals surface area (Å²) in [6.45, 7) is 4.88. The van der Waals surface area contributed by atoms with Crippen LogP contribution in [-0.4, -0.2) is 20.9 Å². The molecule has 0 saturated heterocycles. The van der Waals surface area contributed by atoms with E-state index in [4.69, 9.17) is 4.74 Å². The molecule has 162 valence electrons. The molecule has 6 nitrogen and oxygen atoms in total. The Morgan fingerprint density at radius 2 is 1.65 bits per heavy atom. The Bertz CT molecular complexity index is 1110. The molecule has 0 bridgehead atoms. The Hall–Kier alpha value is -3.16. The van der Waals surface area contributed by atoms with Crippen molar-refractivity contribution < 1.29 is 17.9 Å². The lowest BCUT2D eigenvalue weighted by atomic mass is 10.2. The minimum Gasteiger partial charge on any atom is -0.493 e. The standard InChI is InChI=1S/C24H26N2O4S/c1-18(2)17-30-22-10-6-9-20(15-22)24(27)26-21-11-13-23(14-12-21)31(28,29)25-16-19-7-4-3-5-8-19/h3-15,18,25H,16-17H2,1-2H3,(H,26,27). The average Bonchev–Trinajstić information content (AvgIpc) is 2.77. The lowest BCUT2D eigenvalue weighted by Crippen LogP contribution is -2.23. The molecule has 0 radical (unpaired) electrons. The average molecular weight is 439 g/mol. The van der Waals surface area contributed by atoms with E-state index in [-0.39, 0.29) is 17.3 Å². The van der Waals surface area contributed by atoms with Gasteiger partial charge in [0.2, 0.25) is 10.0 Å². The van der Waals surface area contributed by atoms with E-state index in [1.54, 1.807) is 36.4 Å². The van der Waals surface area contributed by atoms with E-state index in [1.807, 2.05) is 30.3 Å². The van der Waals surface area contributed by atoms with Crippen molar-refractivity contribution in [3.05, 3.63) is 90.0 Å². The van der Waals surface area contributed by atoms with Crippen LogP contribution in [0.3, 0.4) is 0 Å². The number of hydrogen-bond acceptors (Lipinski definition) is 4. The van der Waals surface area contributed by atoms with Gasteiger partial charge in [0.1, 0.15) is 5.75 Å². The fourth-order valence-electron chi connectivity index (χ4n) is 2.77. The van der Waals surface area contributed by atoms with Crippen molar-refractivity contribution in [3.63, 3.8) is 0 Å². The monoisotopic (exact) mass is 438 g/mol. The van der Waals surface area contributed by atoms with Crippen molar-refractivity contribution in [2.45, 2.75) is 25.3 Å². The number of ether oxygens (including phenoxy) is 1. The van der Waals surface area contributed by atoms with Gasteiger partial charge in [0.25, 0.3) is 5.91 Å². The SMILES string of the molecule is CC(C)COc1cccc(C(=O)Nc2ccc(S(=O)(=O)NCc3ccccc3)cc2)c1. The van der Waals surface area contributed by atoms with E-state index in [9.17, 15) is 13.2 Å². The lowest BCUT2D eigenvalue weighted by molar-refractivity contribution is 0.102. The van der Waals surface area contributed by atoms with E-state index < -0.39 is 10.0 Å². The minimum atomic E-state index is -3.65. The second kappa shape index (κ2) is 10.2. The zero-order valence-corrected chi connectivity index (χ0v) is 18.4. The molecule has 0 spiro atoms. The van der Waals surface area contributed by atoms with Crippen LogP contribution < -0.4 is 14.8 Å². The number of carbonyl (C=O) groups is 1. The highest BCUT2D eigenvalue weighted by molar-refractivity contribution is 7.89. The third-order valence-electron chi connectivity index (χ3n) is 4.41. The molecule has 0 aliphatic heterocycles. The number of hydrogen-bond donors (Lipinski definition) is 2. The summed E-state index contributed by atoms with van der Waals surface area (Å²) < 4.78 is 33.2. The summed E-state index contributed by atoms with van der Waals surface area (Å²) in [5, 5.41) is 2.78. The molecular formula is C24H26N2O4S. The van der Waals surface area contributed by atoms with Gasteiger partial charge in [-0.25, -0.2) is 13.1 Å². The fraction of sp³-hybridized carbons (Fsp3) is 0.208. The second-order valence-corrected chi connectivity index (χ2v) is 9.29. The quantitative estimate of drug-likeness (QED) is 0.517. The molecule has 2 N–H and O–H groups in total. The van der Waals surface area contributed by atoms with Gasteiger partial charge < -0.3 is 10.1 Å². The van der Waals surface area contributed by atoms with Gasteiger partial charge in [0.05, 0.1) is 11.5 Å². The summed E-state index contributed by atoms with van der Waals surface area (Å²) in [6.07, 6.45) is 0. The number of amides is 1. The molecule has 31 heavy (non-hydrogen) atoms. The molecule has 0 aromatic heterocycles. The Labute approximate surface area is 183 Å².